The molecule has 2 aliphatic rings. The van der Waals surface area contributed by atoms with E-state index >= 15 is 0 Å². The van der Waals surface area contributed by atoms with Crippen LogP contribution >= 0.6 is 0 Å². The summed E-state index contributed by atoms with van der Waals surface area (Å²) in [5, 5.41) is 10.4. The Morgan fingerprint density at radius 3 is 2.76 bits per heavy atom. The van der Waals surface area contributed by atoms with Crippen molar-refractivity contribution in [3.05, 3.63) is 23.8 Å². The van der Waals surface area contributed by atoms with E-state index in [-0.39, 0.29) is 5.91 Å². The van der Waals surface area contributed by atoms with Crippen LogP contribution in [0.2, 0.25) is 0 Å². The van der Waals surface area contributed by atoms with Crippen LogP contribution in [0.1, 0.15) is 37.4 Å². The van der Waals surface area contributed by atoms with Gasteiger partial charge in [-0.2, -0.15) is 0 Å². The van der Waals surface area contributed by atoms with Gasteiger partial charge < -0.3 is 19.5 Å². The van der Waals surface area contributed by atoms with E-state index in [0.717, 1.165) is 37.1 Å². The van der Waals surface area contributed by atoms with Crippen LogP contribution in [-0.4, -0.2) is 42.2 Å². The van der Waals surface area contributed by atoms with E-state index in [9.17, 15) is 9.90 Å². The van der Waals surface area contributed by atoms with Crippen LogP contribution < -0.4 is 9.47 Å². The smallest absolute Gasteiger partial charge is 0.222 e. The Balaban J connectivity index is 1.70. The summed E-state index contributed by atoms with van der Waals surface area (Å²) in [6.45, 7) is 2.35. The summed E-state index contributed by atoms with van der Waals surface area (Å²) in [5.41, 5.74) is 0.762. The van der Waals surface area contributed by atoms with Crippen molar-refractivity contribution in [3.8, 4) is 11.5 Å². The summed E-state index contributed by atoms with van der Waals surface area (Å²) in [5.74, 6) is 1.53. The fourth-order valence-electron chi connectivity index (χ4n) is 2.76. The first kappa shape index (κ1) is 14.2. The molecule has 1 atom stereocenters. The van der Waals surface area contributed by atoms with Crippen LogP contribution in [0, 0.1) is 0 Å². The largest absolute Gasteiger partial charge is 0.490 e. The third-order valence-electron chi connectivity index (χ3n) is 3.97. The standard InChI is InChI=1S/C16H21NO4/c18-13(11-17-7-2-1-4-16(17)19)12-5-6-14-15(10-12)21-9-3-8-20-14/h5-6,10,13,18H,1-4,7-9,11H2. The molecule has 1 fully saturated rings. The number of aliphatic hydroxyl groups excluding tert-OH is 1. The lowest BCUT2D eigenvalue weighted by atomic mass is 10.1. The Morgan fingerprint density at radius 1 is 1.14 bits per heavy atom. The Hall–Kier alpha value is -1.75. The number of nitrogens with zero attached hydrogens (tertiary/aromatic N) is 1. The van der Waals surface area contributed by atoms with Gasteiger partial charge in [0.15, 0.2) is 11.5 Å². The number of piperidine rings is 1. The lowest BCUT2D eigenvalue weighted by Crippen LogP contribution is -2.38. The van der Waals surface area contributed by atoms with Gasteiger partial charge in [0.1, 0.15) is 0 Å². The molecule has 5 heteroatoms. The van der Waals surface area contributed by atoms with Crippen molar-refractivity contribution >= 4 is 5.91 Å². The zero-order chi connectivity index (χ0) is 14.7. The third-order valence-corrected chi connectivity index (χ3v) is 3.97. The van der Waals surface area contributed by atoms with Crippen LogP contribution in [0.4, 0.5) is 0 Å². The van der Waals surface area contributed by atoms with E-state index in [2.05, 4.69) is 0 Å². The predicted octanol–water partition coefficient (Wildman–Crippen LogP) is 1.89. The van der Waals surface area contributed by atoms with Gasteiger partial charge in [-0.1, -0.05) is 6.07 Å². The third kappa shape index (κ3) is 3.29. The van der Waals surface area contributed by atoms with Crippen molar-refractivity contribution in [2.45, 2.75) is 31.8 Å². The van der Waals surface area contributed by atoms with Crippen molar-refractivity contribution in [2.24, 2.45) is 0 Å². The number of benzene rings is 1. The van der Waals surface area contributed by atoms with Gasteiger partial charge in [0.05, 0.1) is 25.9 Å². The predicted molar refractivity (Wildman–Crippen MR) is 77.4 cm³/mol. The average Bonchev–Trinajstić information content (AvgIpc) is 2.74. The molecule has 0 aliphatic carbocycles. The second-order valence-electron chi connectivity index (χ2n) is 5.57. The Kier molecular flexibility index (Phi) is 4.29. The molecule has 0 saturated carbocycles. The number of β-amino-alcohol motifs (C(OH)–C–C–N with tert-alkyl or cyclic N) is 1. The van der Waals surface area contributed by atoms with Gasteiger partial charge in [-0.3, -0.25) is 4.79 Å². The maximum absolute atomic E-state index is 11.8. The minimum absolute atomic E-state index is 0.134. The van der Waals surface area contributed by atoms with Gasteiger partial charge in [0.2, 0.25) is 5.91 Å². The second kappa shape index (κ2) is 6.35. The number of carbonyl (C=O) groups is 1. The molecule has 1 saturated heterocycles. The van der Waals surface area contributed by atoms with Gasteiger partial charge in [-0.05, 0) is 30.5 Å². The number of fused-ring (bicyclic) bond motifs is 1. The van der Waals surface area contributed by atoms with Crippen molar-refractivity contribution in [1.29, 1.82) is 0 Å². The molecule has 1 aromatic rings. The number of amides is 1. The van der Waals surface area contributed by atoms with Crippen LogP contribution in [0.25, 0.3) is 0 Å². The van der Waals surface area contributed by atoms with Crippen LogP contribution in [0.15, 0.2) is 18.2 Å². The number of likely N-dealkylation sites (tertiary alicyclic amines) is 1. The van der Waals surface area contributed by atoms with E-state index in [1.807, 2.05) is 18.2 Å². The molecule has 21 heavy (non-hydrogen) atoms. The van der Waals surface area contributed by atoms with Crippen LogP contribution in [-0.2, 0) is 4.79 Å². The topological polar surface area (TPSA) is 59.0 Å². The van der Waals surface area contributed by atoms with Gasteiger partial charge in [0, 0.05) is 19.4 Å². The maximum atomic E-state index is 11.8. The highest BCUT2D eigenvalue weighted by atomic mass is 16.5. The minimum Gasteiger partial charge on any atom is -0.490 e. The summed E-state index contributed by atoms with van der Waals surface area (Å²) < 4.78 is 11.2. The van der Waals surface area contributed by atoms with Crippen molar-refractivity contribution in [1.82, 2.24) is 4.90 Å². The molecule has 2 heterocycles. The molecule has 1 unspecified atom stereocenters. The van der Waals surface area contributed by atoms with E-state index < -0.39 is 6.10 Å². The molecule has 1 N–H and O–H groups in total. The normalized spacial score (nSPS) is 20.0. The molecular formula is C16H21NO4. The molecule has 5 nitrogen and oxygen atoms in total. The molecule has 1 aromatic carbocycles. The van der Waals surface area contributed by atoms with Crippen molar-refractivity contribution in [3.63, 3.8) is 0 Å². The number of aliphatic hydroxyl groups is 1. The molecule has 0 radical (unpaired) electrons. The fraction of sp³-hybridized carbons (Fsp3) is 0.562. The second-order valence-corrected chi connectivity index (χ2v) is 5.57. The van der Waals surface area contributed by atoms with Gasteiger partial charge >= 0.3 is 0 Å². The molecular weight excluding hydrogens is 270 g/mol. The van der Waals surface area contributed by atoms with Gasteiger partial charge in [-0.25, -0.2) is 0 Å². The first-order valence-corrected chi connectivity index (χ1v) is 7.59. The van der Waals surface area contributed by atoms with Gasteiger partial charge in [-0.15, -0.1) is 0 Å². The average molecular weight is 291 g/mol. The van der Waals surface area contributed by atoms with Gasteiger partial charge in [0.25, 0.3) is 0 Å². The molecule has 2 aliphatic heterocycles. The van der Waals surface area contributed by atoms with E-state index in [0.29, 0.717) is 31.9 Å². The maximum Gasteiger partial charge on any atom is 0.222 e. The number of hydrogen-bond acceptors (Lipinski definition) is 4. The lowest BCUT2D eigenvalue weighted by molar-refractivity contribution is -0.134. The summed E-state index contributed by atoms with van der Waals surface area (Å²) >= 11 is 0. The summed E-state index contributed by atoms with van der Waals surface area (Å²) in [6.07, 6.45) is 2.72. The highest BCUT2D eigenvalue weighted by molar-refractivity contribution is 5.76. The van der Waals surface area contributed by atoms with Crippen molar-refractivity contribution in [2.75, 3.05) is 26.3 Å². The lowest BCUT2D eigenvalue weighted by Gasteiger charge is -2.29. The number of rotatable bonds is 3. The Morgan fingerprint density at radius 2 is 1.95 bits per heavy atom. The van der Waals surface area contributed by atoms with Crippen LogP contribution in [0.5, 0.6) is 11.5 Å². The zero-order valence-corrected chi connectivity index (χ0v) is 12.1. The molecule has 0 aromatic heterocycles. The fourth-order valence-corrected chi connectivity index (χ4v) is 2.76. The quantitative estimate of drug-likeness (QED) is 0.924. The minimum atomic E-state index is -0.691. The first-order valence-electron chi connectivity index (χ1n) is 7.59. The molecule has 114 valence electrons. The van der Waals surface area contributed by atoms with Crippen molar-refractivity contribution < 1.29 is 19.4 Å². The summed E-state index contributed by atoms with van der Waals surface area (Å²) in [6, 6.07) is 5.49. The summed E-state index contributed by atoms with van der Waals surface area (Å²) in [4.78, 5) is 13.6. The molecule has 3 rings (SSSR count). The highest BCUT2D eigenvalue weighted by Gasteiger charge is 2.22. The SMILES string of the molecule is O=C1CCCCN1CC(O)c1ccc2c(c1)OCCCO2. The highest BCUT2D eigenvalue weighted by Crippen LogP contribution is 2.32. The molecule has 0 bridgehead atoms. The Labute approximate surface area is 124 Å². The van der Waals surface area contributed by atoms with E-state index in [4.69, 9.17) is 9.47 Å². The monoisotopic (exact) mass is 291 g/mol. The van der Waals surface area contributed by atoms with Crippen LogP contribution in [0.3, 0.4) is 0 Å². The van der Waals surface area contributed by atoms with E-state index in [1.165, 1.54) is 0 Å². The summed E-state index contributed by atoms with van der Waals surface area (Å²) in [7, 11) is 0. The van der Waals surface area contributed by atoms with E-state index in [1.54, 1.807) is 4.90 Å². The molecule has 1 amide bonds. The number of ether oxygens (including phenoxy) is 2. The number of hydrogen-bond donors (Lipinski definition) is 1. The zero-order valence-electron chi connectivity index (χ0n) is 12.1. The molecule has 0 spiro atoms. The first-order chi connectivity index (χ1) is 10.2. The number of carbonyl (C=O) groups excluding carboxylic acids is 1. The Bertz CT molecular complexity index is 517.